The second-order valence-corrected chi connectivity index (χ2v) is 11.7. The van der Waals surface area contributed by atoms with Gasteiger partial charge < -0.3 is 0 Å². The van der Waals surface area contributed by atoms with E-state index in [4.69, 9.17) is 9.97 Å². The molecule has 0 amide bonds. The first-order valence-electron chi connectivity index (χ1n) is 15.5. The van der Waals surface area contributed by atoms with Crippen LogP contribution in [0.1, 0.15) is 24.1 Å². The SMILES string of the molecule is c1ccc(-c2cccc(-n3c4c(c5c6c7ccccc7n(-c7cccc(-c8ccccc8)n7)c6ccc53)CCCC4)n2)cc1. The zero-order valence-electron chi connectivity index (χ0n) is 24.3. The Hall–Kier alpha value is -5.48. The molecule has 0 fully saturated rings. The van der Waals surface area contributed by atoms with E-state index in [0.717, 1.165) is 47.0 Å². The van der Waals surface area contributed by atoms with Gasteiger partial charge in [0.2, 0.25) is 0 Å². The first-order valence-corrected chi connectivity index (χ1v) is 15.5. The summed E-state index contributed by atoms with van der Waals surface area (Å²) in [5, 5.41) is 3.93. The number of para-hydroxylation sites is 1. The third-order valence-corrected chi connectivity index (χ3v) is 9.13. The lowest BCUT2D eigenvalue weighted by molar-refractivity contribution is 0.665. The van der Waals surface area contributed by atoms with Crippen molar-refractivity contribution < 1.29 is 0 Å². The molecular formula is C40H30N4. The summed E-state index contributed by atoms with van der Waals surface area (Å²) in [6.45, 7) is 0. The van der Waals surface area contributed by atoms with E-state index in [2.05, 4.69) is 137 Å². The lowest BCUT2D eigenvalue weighted by Gasteiger charge is -2.16. The normalized spacial score (nSPS) is 13.1. The topological polar surface area (TPSA) is 35.6 Å². The molecule has 4 heterocycles. The lowest BCUT2D eigenvalue weighted by atomic mass is 9.94. The van der Waals surface area contributed by atoms with Gasteiger partial charge in [-0.3, -0.25) is 9.13 Å². The highest BCUT2D eigenvalue weighted by atomic mass is 15.1. The van der Waals surface area contributed by atoms with E-state index in [0.29, 0.717) is 0 Å². The summed E-state index contributed by atoms with van der Waals surface area (Å²) >= 11 is 0. The van der Waals surface area contributed by atoms with Gasteiger partial charge in [0.05, 0.1) is 27.9 Å². The quantitative estimate of drug-likeness (QED) is 0.213. The molecule has 1 aliphatic rings. The number of pyridine rings is 2. The molecule has 4 aromatic heterocycles. The molecule has 210 valence electrons. The zero-order valence-corrected chi connectivity index (χ0v) is 24.3. The molecule has 0 saturated heterocycles. The maximum absolute atomic E-state index is 5.23. The minimum absolute atomic E-state index is 0.933. The van der Waals surface area contributed by atoms with Crippen LogP contribution < -0.4 is 0 Å². The third-order valence-electron chi connectivity index (χ3n) is 9.13. The Balaban J connectivity index is 1.33. The number of aromatic nitrogens is 4. The van der Waals surface area contributed by atoms with Crippen molar-refractivity contribution in [2.24, 2.45) is 0 Å². The molecule has 0 bridgehead atoms. The highest BCUT2D eigenvalue weighted by Gasteiger charge is 2.26. The van der Waals surface area contributed by atoms with E-state index in [9.17, 15) is 0 Å². The predicted molar refractivity (Wildman–Crippen MR) is 181 cm³/mol. The van der Waals surface area contributed by atoms with Crippen molar-refractivity contribution in [3.63, 3.8) is 0 Å². The molecule has 0 atom stereocenters. The van der Waals surface area contributed by atoms with Crippen molar-refractivity contribution in [2.45, 2.75) is 25.7 Å². The van der Waals surface area contributed by atoms with Crippen molar-refractivity contribution in [1.29, 1.82) is 0 Å². The van der Waals surface area contributed by atoms with Crippen LogP contribution in [0.4, 0.5) is 0 Å². The Kier molecular flexibility index (Phi) is 5.73. The molecule has 44 heavy (non-hydrogen) atoms. The van der Waals surface area contributed by atoms with Gasteiger partial charge in [-0.15, -0.1) is 0 Å². The highest BCUT2D eigenvalue weighted by molar-refractivity contribution is 6.22. The average Bonchev–Trinajstić information content (AvgIpc) is 3.62. The summed E-state index contributed by atoms with van der Waals surface area (Å²) < 4.78 is 4.79. The van der Waals surface area contributed by atoms with Crippen LogP contribution in [-0.2, 0) is 12.8 Å². The summed E-state index contributed by atoms with van der Waals surface area (Å²) in [4.78, 5) is 10.4. The number of aryl methyl sites for hydroxylation is 1. The van der Waals surface area contributed by atoms with Crippen LogP contribution in [0, 0.1) is 0 Å². The number of rotatable bonds is 4. The van der Waals surface area contributed by atoms with Gasteiger partial charge in [-0.25, -0.2) is 9.97 Å². The second kappa shape index (κ2) is 10.1. The van der Waals surface area contributed by atoms with E-state index in [1.165, 1.54) is 56.8 Å². The largest absolute Gasteiger partial charge is 0.298 e. The van der Waals surface area contributed by atoms with Crippen molar-refractivity contribution >= 4 is 32.7 Å². The maximum atomic E-state index is 5.23. The summed E-state index contributed by atoms with van der Waals surface area (Å²) in [7, 11) is 0. The minimum Gasteiger partial charge on any atom is -0.298 e. The van der Waals surface area contributed by atoms with Crippen LogP contribution in [0.2, 0.25) is 0 Å². The van der Waals surface area contributed by atoms with Gasteiger partial charge in [0.1, 0.15) is 11.6 Å². The number of nitrogens with zero attached hydrogens (tertiary/aromatic N) is 4. The monoisotopic (exact) mass is 566 g/mol. The Labute approximate surface area is 255 Å². The summed E-state index contributed by atoms with van der Waals surface area (Å²) in [6, 6.07) is 47.0. The molecule has 0 unspecified atom stereocenters. The van der Waals surface area contributed by atoms with Gasteiger partial charge in [0.25, 0.3) is 0 Å². The van der Waals surface area contributed by atoms with Crippen molar-refractivity contribution in [1.82, 2.24) is 19.1 Å². The number of fused-ring (bicyclic) bond motifs is 7. The Morgan fingerprint density at radius 3 is 1.68 bits per heavy atom. The molecule has 9 rings (SSSR count). The Morgan fingerprint density at radius 1 is 0.432 bits per heavy atom. The van der Waals surface area contributed by atoms with Gasteiger partial charge >= 0.3 is 0 Å². The maximum Gasteiger partial charge on any atom is 0.138 e. The highest BCUT2D eigenvalue weighted by Crippen LogP contribution is 2.43. The molecule has 0 radical (unpaired) electrons. The van der Waals surface area contributed by atoms with Crippen LogP contribution in [0.3, 0.4) is 0 Å². The molecule has 0 aliphatic heterocycles. The molecule has 0 saturated carbocycles. The fourth-order valence-corrected chi connectivity index (χ4v) is 7.24. The molecule has 8 aromatic rings. The molecule has 1 aliphatic carbocycles. The second-order valence-electron chi connectivity index (χ2n) is 11.7. The van der Waals surface area contributed by atoms with Crippen LogP contribution in [-0.4, -0.2) is 19.1 Å². The van der Waals surface area contributed by atoms with E-state index in [-0.39, 0.29) is 0 Å². The molecule has 4 aromatic carbocycles. The van der Waals surface area contributed by atoms with Crippen molar-refractivity contribution in [2.75, 3.05) is 0 Å². The lowest BCUT2D eigenvalue weighted by Crippen LogP contribution is -2.08. The number of benzene rings is 4. The summed E-state index contributed by atoms with van der Waals surface area (Å²) in [6.07, 6.45) is 4.54. The molecule has 0 N–H and O–H groups in total. The number of hydrogen-bond acceptors (Lipinski definition) is 2. The predicted octanol–water partition coefficient (Wildman–Crippen LogP) is 9.73. The smallest absolute Gasteiger partial charge is 0.138 e. The van der Waals surface area contributed by atoms with Gasteiger partial charge in [0.15, 0.2) is 0 Å². The summed E-state index contributed by atoms with van der Waals surface area (Å²) in [5.41, 5.74) is 10.7. The van der Waals surface area contributed by atoms with Crippen LogP contribution in [0.5, 0.6) is 0 Å². The third kappa shape index (κ3) is 3.84. The van der Waals surface area contributed by atoms with Crippen molar-refractivity contribution in [3.8, 4) is 34.2 Å². The van der Waals surface area contributed by atoms with E-state index < -0.39 is 0 Å². The molecule has 0 spiro atoms. The number of hydrogen-bond donors (Lipinski definition) is 0. The molecule has 4 heteroatoms. The summed E-state index contributed by atoms with van der Waals surface area (Å²) in [5.74, 6) is 1.92. The molecule has 4 nitrogen and oxygen atoms in total. The fraction of sp³-hybridized carbons (Fsp3) is 0.100. The van der Waals surface area contributed by atoms with E-state index in [1.54, 1.807) is 0 Å². The minimum atomic E-state index is 0.933. The first-order chi connectivity index (χ1) is 21.8. The van der Waals surface area contributed by atoms with Crippen LogP contribution in [0.25, 0.3) is 66.9 Å². The average molecular weight is 567 g/mol. The van der Waals surface area contributed by atoms with Crippen LogP contribution in [0.15, 0.2) is 133 Å². The van der Waals surface area contributed by atoms with Gasteiger partial charge in [0, 0.05) is 33.0 Å². The fourth-order valence-electron chi connectivity index (χ4n) is 7.24. The first kappa shape index (κ1) is 25.1. The van der Waals surface area contributed by atoms with E-state index >= 15 is 0 Å². The Bertz CT molecular complexity index is 2330. The van der Waals surface area contributed by atoms with Gasteiger partial charge in [-0.1, -0.05) is 91.0 Å². The Morgan fingerprint density at radius 2 is 1.00 bits per heavy atom. The standard InChI is InChI=1S/C40H30N4/c1-3-13-27(14-4-1)31-19-11-23-37(41-31)43-33-21-9-7-17-29(33)39-35(43)25-26-36-40(39)30-18-8-10-22-34(30)44(36)38-24-12-20-32(42-38)28-15-5-2-6-16-28/h1-7,9,11-17,19-21,23-26H,8,10,18,22H2. The van der Waals surface area contributed by atoms with E-state index in [1.807, 2.05) is 6.07 Å². The van der Waals surface area contributed by atoms with Gasteiger partial charge in [-0.05, 0) is 73.7 Å². The van der Waals surface area contributed by atoms with Crippen LogP contribution >= 0.6 is 0 Å². The van der Waals surface area contributed by atoms with Gasteiger partial charge in [-0.2, -0.15) is 0 Å². The molecular weight excluding hydrogens is 536 g/mol. The zero-order chi connectivity index (χ0) is 29.0. The van der Waals surface area contributed by atoms with Crippen molar-refractivity contribution in [3.05, 3.63) is 145 Å².